The van der Waals surface area contributed by atoms with Crippen molar-refractivity contribution in [2.24, 2.45) is 0 Å². The van der Waals surface area contributed by atoms with Crippen molar-refractivity contribution in [3.8, 4) is 0 Å². The minimum absolute atomic E-state index is 0.0329. The fourth-order valence-corrected chi connectivity index (χ4v) is 1.38. The number of alkyl halides is 1. The van der Waals surface area contributed by atoms with Crippen LogP contribution in [0.3, 0.4) is 0 Å². The van der Waals surface area contributed by atoms with E-state index in [-0.39, 0.29) is 11.2 Å². The molecule has 0 amide bonds. The summed E-state index contributed by atoms with van der Waals surface area (Å²) in [6, 6.07) is 0. The number of allylic oxidation sites excluding steroid dienone is 4. The summed E-state index contributed by atoms with van der Waals surface area (Å²) in [7, 11) is 0. The summed E-state index contributed by atoms with van der Waals surface area (Å²) >= 11 is 6.06. The Morgan fingerprint density at radius 2 is 1.92 bits per heavy atom. The van der Waals surface area contributed by atoms with E-state index in [4.69, 9.17) is 11.6 Å². The van der Waals surface area contributed by atoms with Gasteiger partial charge in [-0.2, -0.15) is 0 Å². The highest BCUT2D eigenvalue weighted by Gasteiger charge is 2.07. The predicted molar refractivity (Wildman–Crippen MR) is 57.8 cm³/mol. The van der Waals surface area contributed by atoms with E-state index < -0.39 is 0 Å². The zero-order chi connectivity index (χ0) is 10.4. The van der Waals surface area contributed by atoms with Crippen LogP contribution in [0.1, 0.15) is 40.5 Å². The maximum atomic E-state index is 12.7. The molecule has 76 valence electrons. The maximum Gasteiger partial charge on any atom is 0.0971 e. The third-order valence-electron chi connectivity index (χ3n) is 2.09. The van der Waals surface area contributed by atoms with Crippen molar-refractivity contribution in [3.63, 3.8) is 0 Å². The van der Waals surface area contributed by atoms with Gasteiger partial charge in [0.05, 0.1) is 11.2 Å². The summed E-state index contributed by atoms with van der Waals surface area (Å²) in [5.74, 6) is -0.156. The minimum Gasteiger partial charge on any atom is -0.212 e. The van der Waals surface area contributed by atoms with Crippen LogP contribution in [0.2, 0.25) is 0 Å². The van der Waals surface area contributed by atoms with Gasteiger partial charge in [-0.15, -0.1) is 11.6 Å². The average Bonchev–Trinajstić information content (AvgIpc) is 2.11. The molecule has 0 aromatic carbocycles. The predicted octanol–water partition coefficient (Wildman–Crippen LogP) is 4.60. The third-order valence-corrected chi connectivity index (χ3v) is 2.72. The quantitative estimate of drug-likeness (QED) is 0.464. The van der Waals surface area contributed by atoms with Gasteiger partial charge in [0.15, 0.2) is 0 Å². The molecule has 0 saturated heterocycles. The monoisotopic (exact) mass is 204 g/mol. The second kappa shape index (κ2) is 6.20. The normalized spacial score (nSPS) is 16.9. The van der Waals surface area contributed by atoms with Crippen LogP contribution in [0.4, 0.5) is 4.39 Å². The first kappa shape index (κ1) is 12.7. The smallest absolute Gasteiger partial charge is 0.0971 e. The van der Waals surface area contributed by atoms with Gasteiger partial charge in [0.1, 0.15) is 0 Å². The Morgan fingerprint density at radius 3 is 2.23 bits per heavy atom. The van der Waals surface area contributed by atoms with E-state index in [0.29, 0.717) is 0 Å². The van der Waals surface area contributed by atoms with E-state index in [1.54, 1.807) is 6.08 Å². The average molecular weight is 205 g/mol. The first-order valence-electron chi connectivity index (χ1n) is 4.70. The molecule has 0 aliphatic carbocycles. The van der Waals surface area contributed by atoms with Gasteiger partial charge in [-0.05, 0) is 38.3 Å². The van der Waals surface area contributed by atoms with E-state index in [1.165, 1.54) is 6.92 Å². The minimum atomic E-state index is -0.156. The molecule has 0 radical (unpaired) electrons. The Kier molecular flexibility index (Phi) is 6.06. The van der Waals surface area contributed by atoms with Gasteiger partial charge in [-0.3, -0.25) is 0 Å². The summed E-state index contributed by atoms with van der Waals surface area (Å²) in [6.45, 7) is 7.47. The molecule has 0 nitrogen and oxygen atoms in total. The highest BCUT2D eigenvalue weighted by atomic mass is 35.5. The fraction of sp³-hybridized carbons (Fsp3) is 0.636. The van der Waals surface area contributed by atoms with Crippen molar-refractivity contribution in [3.05, 3.63) is 23.0 Å². The van der Waals surface area contributed by atoms with Gasteiger partial charge < -0.3 is 0 Å². The summed E-state index contributed by atoms with van der Waals surface area (Å²) in [4.78, 5) is 0. The summed E-state index contributed by atoms with van der Waals surface area (Å²) in [5.41, 5.74) is 2.10. The molecular weight excluding hydrogens is 187 g/mol. The Hall–Kier alpha value is -0.300. The molecule has 0 spiro atoms. The number of hydrogen-bond donors (Lipinski definition) is 0. The van der Waals surface area contributed by atoms with Crippen LogP contribution in [0, 0.1) is 0 Å². The van der Waals surface area contributed by atoms with Crippen LogP contribution in [0.5, 0.6) is 0 Å². The molecule has 0 fully saturated rings. The first-order valence-corrected chi connectivity index (χ1v) is 5.14. The van der Waals surface area contributed by atoms with E-state index in [9.17, 15) is 4.39 Å². The molecule has 0 heterocycles. The zero-order valence-corrected chi connectivity index (χ0v) is 9.58. The van der Waals surface area contributed by atoms with Crippen LogP contribution in [-0.2, 0) is 0 Å². The summed E-state index contributed by atoms with van der Waals surface area (Å²) in [6.07, 6.45) is 3.28. The second-order valence-electron chi connectivity index (χ2n) is 3.17. The first-order chi connectivity index (χ1) is 6.02. The SMILES string of the molecule is CCC(/C=C(\C)F)=C(\C)C(Cl)CC. The molecule has 0 aromatic rings. The molecule has 0 saturated carbocycles. The van der Waals surface area contributed by atoms with Crippen LogP contribution in [0.15, 0.2) is 23.0 Å². The topological polar surface area (TPSA) is 0 Å². The Bertz CT molecular complexity index is 212. The van der Waals surface area contributed by atoms with Gasteiger partial charge >= 0.3 is 0 Å². The van der Waals surface area contributed by atoms with Crippen LogP contribution in [0.25, 0.3) is 0 Å². The number of halogens is 2. The van der Waals surface area contributed by atoms with Gasteiger partial charge in [-0.1, -0.05) is 19.4 Å². The number of rotatable bonds is 4. The maximum absolute atomic E-state index is 12.7. The lowest BCUT2D eigenvalue weighted by atomic mass is 10.0. The third kappa shape index (κ3) is 4.47. The zero-order valence-electron chi connectivity index (χ0n) is 8.82. The van der Waals surface area contributed by atoms with Gasteiger partial charge in [0, 0.05) is 0 Å². The molecular formula is C11H18ClF. The molecule has 1 unspecified atom stereocenters. The molecule has 0 aromatic heterocycles. The highest BCUT2D eigenvalue weighted by Crippen LogP contribution is 2.21. The number of hydrogen-bond acceptors (Lipinski definition) is 0. The standard InChI is InChI=1S/C11H18ClF/c1-5-10(7-8(3)13)9(4)11(12)6-2/h7,11H,5-6H2,1-4H3/b8-7+,10-9-. The Morgan fingerprint density at radius 1 is 1.38 bits per heavy atom. The van der Waals surface area contributed by atoms with Crippen molar-refractivity contribution in [2.45, 2.75) is 45.9 Å². The van der Waals surface area contributed by atoms with Gasteiger partial charge in [0.25, 0.3) is 0 Å². The lowest BCUT2D eigenvalue weighted by Crippen LogP contribution is -2.00. The van der Waals surface area contributed by atoms with Crippen molar-refractivity contribution < 1.29 is 4.39 Å². The molecule has 13 heavy (non-hydrogen) atoms. The Labute approximate surface area is 85.5 Å². The van der Waals surface area contributed by atoms with Crippen LogP contribution in [-0.4, -0.2) is 5.38 Å². The van der Waals surface area contributed by atoms with E-state index >= 15 is 0 Å². The molecule has 2 heteroatoms. The Balaban J connectivity index is 4.79. The largest absolute Gasteiger partial charge is 0.212 e. The second-order valence-corrected chi connectivity index (χ2v) is 3.70. The lowest BCUT2D eigenvalue weighted by Gasteiger charge is -2.11. The van der Waals surface area contributed by atoms with E-state index in [0.717, 1.165) is 24.0 Å². The van der Waals surface area contributed by atoms with Crippen molar-refractivity contribution in [2.75, 3.05) is 0 Å². The summed E-state index contributed by atoms with van der Waals surface area (Å²) in [5, 5.41) is 0.0329. The summed E-state index contributed by atoms with van der Waals surface area (Å²) < 4.78 is 12.7. The van der Waals surface area contributed by atoms with Crippen molar-refractivity contribution in [1.29, 1.82) is 0 Å². The highest BCUT2D eigenvalue weighted by molar-refractivity contribution is 6.22. The van der Waals surface area contributed by atoms with Crippen molar-refractivity contribution >= 4 is 11.6 Å². The van der Waals surface area contributed by atoms with Gasteiger partial charge in [0.2, 0.25) is 0 Å². The molecule has 0 aliphatic rings. The molecule has 0 bridgehead atoms. The fourth-order valence-electron chi connectivity index (χ4n) is 1.24. The van der Waals surface area contributed by atoms with Crippen molar-refractivity contribution in [1.82, 2.24) is 0 Å². The molecule has 0 N–H and O–H groups in total. The van der Waals surface area contributed by atoms with E-state index in [1.807, 2.05) is 20.8 Å². The lowest BCUT2D eigenvalue weighted by molar-refractivity contribution is 0.638. The molecule has 0 rings (SSSR count). The molecule has 0 aliphatic heterocycles. The molecule has 1 atom stereocenters. The van der Waals surface area contributed by atoms with E-state index in [2.05, 4.69) is 0 Å². The van der Waals surface area contributed by atoms with Crippen LogP contribution < -0.4 is 0 Å². The van der Waals surface area contributed by atoms with Crippen LogP contribution >= 0.6 is 11.6 Å². The van der Waals surface area contributed by atoms with Gasteiger partial charge in [-0.25, -0.2) is 4.39 Å².